The first-order chi connectivity index (χ1) is 16.3. The number of amidine groups is 1. The van der Waals surface area contributed by atoms with Gasteiger partial charge in [-0.1, -0.05) is 45.7 Å². The van der Waals surface area contributed by atoms with Gasteiger partial charge in [-0.2, -0.15) is 0 Å². The van der Waals surface area contributed by atoms with Crippen LogP contribution in [0.3, 0.4) is 0 Å². The third-order valence-corrected chi connectivity index (χ3v) is 7.15. The minimum absolute atomic E-state index is 0.214. The zero-order valence-corrected chi connectivity index (χ0v) is 22.9. The molecule has 1 heterocycles. The SMILES string of the molecule is COc1cc(/C=C2\SC(=Nc3cc(Cl)ccc3C)NC2=O)cc(Br)c1OCc1ccc(Br)cc1. The van der Waals surface area contributed by atoms with E-state index in [2.05, 4.69) is 42.2 Å². The summed E-state index contributed by atoms with van der Waals surface area (Å²) in [5, 5.41) is 3.90. The topological polar surface area (TPSA) is 59.9 Å². The minimum Gasteiger partial charge on any atom is -0.493 e. The van der Waals surface area contributed by atoms with Crippen molar-refractivity contribution in [2.75, 3.05) is 7.11 Å². The van der Waals surface area contributed by atoms with Crippen LogP contribution in [0.4, 0.5) is 5.69 Å². The Kier molecular flexibility index (Phi) is 8.03. The third-order valence-electron chi connectivity index (χ3n) is 4.89. The second kappa shape index (κ2) is 11.0. The molecule has 1 aliphatic rings. The molecule has 1 N–H and O–H groups in total. The standard InChI is InChI=1S/C25H19Br2ClN2O3S/c1-14-3-8-18(28)12-20(14)29-25-30-24(31)22(34-25)11-16-9-19(27)23(21(10-16)32-2)33-13-15-4-6-17(26)7-5-15/h3-12H,13H2,1-2H3,(H,29,30,31)/b22-11-. The number of hydrogen-bond acceptors (Lipinski definition) is 5. The predicted octanol–water partition coefficient (Wildman–Crippen LogP) is 7.65. The van der Waals surface area contributed by atoms with E-state index < -0.39 is 0 Å². The number of carbonyl (C=O) groups excluding carboxylic acids is 1. The summed E-state index contributed by atoms with van der Waals surface area (Å²) in [5.74, 6) is 0.939. The summed E-state index contributed by atoms with van der Waals surface area (Å²) >= 11 is 14.4. The van der Waals surface area contributed by atoms with Crippen LogP contribution in [0.2, 0.25) is 5.02 Å². The van der Waals surface area contributed by atoms with E-state index in [-0.39, 0.29) is 5.91 Å². The van der Waals surface area contributed by atoms with E-state index in [1.54, 1.807) is 19.3 Å². The van der Waals surface area contributed by atoms with Gasteiger partial charge in [0.15, 0.2) is 16.7 Å². The van der Waals surface area contributed by atoms with E-state index in [0.717, 1.165) is 25.6 Å². The van der Waals surface area contributed by atoms with Gasteiger partial charge < -0.3 is 14.8 Å². The van der Waals surface area contributed by atoms with Crippen LogP contribution >= 0.6 is 55.2 Å². The molecule has 1 aliphatic heterocycles. The molecule has 174 valence electrons. The zero-order valence-electron chi connectivity index (χ0n) is 18.2. The monoisotopic (exact) mass is 620 g/mol. The molecule has 0 unspecified atom stereocenters. The fourth-order valence-corrected chi connectivity index (χ4v) is 4.98. The number of aryl methyl sites for hydroxylation is 1. The highest BCUT2D eigenvalue weighted by molar-refractivity contribution is 9.10. The molecule has 1 fully saturated rings. The second-order valence-corrected chi connectivity index (χ2v) is 10.6. The van der Waals surface area contributed by atoms with Crippen molar-refractivity contribution in [1.29, 1.82) is 0 Å². The molecule has 0 spiro atoms. The van der Waals surface area contributed by atoms with E-state index in [9.17, 15) is 4.79 Å². The van der Waals surface area contributed by atoms with Crippen LogP contribution in [0.25, 0.3) is 6.08 Å². The van der Waals surface area contributed by atoms with Crippen molar-refractivity contribution >= 4 is 78.1 Å². The lowest BCUT2D eigenvalue weighted by molar-refractivity contribution is -0.115. The first kappa shape index (κ1) is 24.9. The number of nitrogens with one attached hydrogen (secondary N) is 1. The van der Waals surface area contributed by atoms with Gasteiger partial charge in [0.25, 0.3) is 5.91 Å². The average Bonchev–Trinajstić information content (AvgIpc) is 3.14. The van der Waals surface area contributed by atoms with Crippen molar-refractivity contribution in [3.63, 3.8) is 0 Å². The Bertz CT molecular complexity index is 1310. The Hall–Kier alpha value is -2.26. The first-order valence-corrected chi connectivity index (χ1v) is 12.9. The molecule has 9 heteroatoms. The van der Waals surface area contributed by atoms with E-state index >= 15 is 0 Å². The number of hydrogen-bond donors (Lipinski definition) is 1. The number of methoxy groups -OCH3 is 1. The number of rotatable bonds is 6. The summed E-state index contributed by atoms with van der Waals surface area (Å²) < 4.78 is 13.3. The van der Waals surface area contributed by atoms with Crippen molar-refractivity contribution in [2.45, 2.75) is 13.5 Å². The number of carbonyl (C=O) groups is 1. The highest BCUT2D eigenvalue weighted by Gasteiger charge is 2.24. The second-order valence-electron chi connectivity index (χ2n) is 7.36. The van der Waals surface area contributed by atoms with E-state index in [4.69, 9.17) is 21.1 Å². The van der Waals surface area contributed by atoms with Gasteiger partial charge in [-0.05, 0) is 93.8 Å². The lowest BCUT2D eigenvalue weighted by Gasteiger charge is -2.14. The number of amides is 1. The van der Waals surface area contributed by atoms with E-state index in [1.807, 2.05) is 55.5 Å². The zero-order chi connectivity index (χ0) is 24.2. The molecular formula is C25H19Br2ClN2O3S. The molecule has 0 aliphatic carbocycles. The Morgan fingerprint density at radius 1 is 1.12 bits per heavy atom. The number of benzene rings is 3. The van der Waals surface area contributed by atoms with Gasteiger partial charge in [-0.25, -0.2) is 4.99 Å². The Balaban J connectivity index is 1.54. The molecule has 1 saturated heterocycles. The smallest absolute Gasteiger partial charge is 0.264 e. The summed E-state index contributed by atoms with van der Waals surface area (Å²) in [6.07, 6.45) is 1.79. The third kappa shape index (κ3) is 6.05. The maximum absolute atomic E-state index is 12.5. The highest BCUT2D eigenvalue weighted by Crippen LogP contribution is 2.39. The Labute approximate surface area is 223 Å². The highest BCUT2D eigenvalue weighted by atomic mass is 79.9. The summed E-state index contributed by atoms with van der Waals surface area (Å²) in [7, 11) is 1.58. The Morgan fingerprint density at radius 2 is 1.88 bits per heavy atom. The molecule has 0 aromatic heterocycles. The molecule has 5 nitrogen and oxygen atoms in total. The van der Waals surface area contributed by atoms with Gasteiger partial charge in [0.1, 0.15) is 6.61 Å². The lowest BCUT2D eigenvalue weighted by Crippen LogP contribution is -2.19. The molecule has 0 atom stereocenters. The lowest BCUT2D eigenvalue weighted by atomic mass is 10.2. The molecule has 4 rings (SSSR count). The summed E-state index contributed by atoms with van der Waals surface area (Å²) in [4.78, 5) is 17.6. The minimum atomic E-state index is -0.214. The molecule has 0 bridgehead atoms. The van der Waals surface area contributed by atoms with Crippen LogP contribution < -0.4 is 14.8 Å². The largest absolute Gasteiger partial charge is 0.493 e. The van der Waals surface area contributed by atoms with E-state index in [1.165, 1.54) is 11.8 Å². The molecule has 0 saturated carbocycles. The summed E-state index contributed by atoms with van der Waals surface area (Å²) in [5.41, 5.74) is 3.51. The van der Waals surface area contributed by atoms with Crippen molar-refractivity contribution in [2.24, 2.45) is 4.99 Å². The summed E-state index contributed by atoms with van der Waals surface area (Å²) in [6, 6.07) is 17.1. The number of thioether (sulfide) groups is 1. The normalized spacial score (nSPS) is 15.6. The van der Waals surface area contributed by atoms with Crippen molar-refractivity contribution in [3.8, 4) is 11.5 Å². The fourth-order valence-electron chi connectivity index (χ4n) is 3.14. The summed E-state index contributed by atoms with van der Waals surface area (Å²) in [6.45, 7) is 2.34. The van der Waals surface area contributed by atoms with Gasteiger partial charge in [-0.3, -0.25) is 4.79 Å². The maximum atomic E-state index is 12.5. The van der Waals surface area contributed by atoms with Crippen molar-refractivity contribution in [3.05, 3.63) is 90.2 Å². The van der Waals surface area contributed by atoms with Crippen LogP contribution in [0.15, 0.2) is 73.4 Å². The number of nitrogens with zero attached hydrogens (tertiary/aromatic N) is 1. The quantitative estimate of drug-likeness (QED) is 0.287. The molecule has 3 aromatic rings. The first-order valence-electron chi connectivity index (χ1n) is 10.1. The van der Waals surface area contributed by atoms with Crippen LogP contribution in [0.1, 0.15) is 16.7 Å². The fraction of sp³-hybridized carbons (Fsp3) is 0.120. The predicted molar refractivity (Wildman–Crippen MR) is 146 cm³/mol. The van der Waals surface area contributed by atoms with Gasteiger partial charge in [0, 0.05) is 9.50 Å². The number of ether oxygens (including phenoxy) is 2. The number of aliphatic imine (C=N–C) groups is 1. The van der Waals surface area contributed by atoms with Gasteiger partial charge in [-0.15, -0.1) is 0 Å². The number of halogens is 3. The van der Waals surface area contributed by atoms with E-state index in [0.29, 0.717) is 38.9 Å². The van der Waals surface area contributed by atoms with Crippen LogP contribution in [-0.2, 0) is 11.4 Å². The molecule has 34 heavy (non-hydrogen) atoms. The maximum Gasteiger partial charge on any atom is 0.264 e. The molecule has 0 radical (unpaired) electrons. The van der Waals surface area contributed by atoms with Gasteiger partial charge in [0.2, 0.25) is 0 Å². The van der Waals surface area contributed by atoms with Crippen molar-refractivity contribution in [1.82, 2.24) is 5.32 Å². The molecular weight excluding hydrogens is 604 g/mol. The van der Waals surface area contributed by atoms with Gasteiger partial charge in [0.05, 0.1) is 22.2 Å². The average molecular weight is 623 g/mol. The van der Waals surface area contributed by atoms with Crippen LogP contribution in [0, 0.1) is 6.92 Å². The Morgan fingerprint density at radius 3 is 2.62 bits per heavy atom. The molecule has 3 aromatic carbocycles. The van der Waals surface area contributed by atoms with Crippen LogP contribution in [0.5, 0.6) is 11.5 Å². The van der Waals surface area contributed by atoms with Crippen molar-refractivity contribution < 1.29 is 14.3 Å². The van der Waals surface area contributed by atoms with Crippen LogP contribution in [-0.4, -0.2) is 18.2 Å². The van der Waals surface area contributed by atoms with Gasteiger partial charge >= 0.3 is 0 Å². The molecule has 1 amide bonds.